The van der Waals surface area contributed by atoms with Crippen molar-refractivity contribution in [3.63, 3.8) is 0 Å². The van der Waals surface area contributed by atoms with Crippen LogP contribution in [0, 0.1) is 0 Å². The fourth-order valence-corrected chi connectivity index (χ4v) is 0.859. The number of rotatable bonds is 2. The van der Waals surface area contributed by atoms with Crippen LogP contribution in [0.3, 0.4) is 0 Å². The molecule has 1 aromatic rings. The summed E-state index contributed by atoms with van der Waals surface area (Å²) in [6.45, 7) is 4.42. The SMILES string of the molecule is C=Cn1cc(C2CO2)cn1. The van der Waals surface area contributed by atoms with Crippen LogP contribution >= 0.6 is 0 Å². The number of nitrogens with zero attached hydrogens (tertiary/aromatic N) is 2. The summed E-state index contributed by atoms with van der Waals surface area (Å²) in [6.07, 6.45) is 5.68. The first kappa shape index (κ1) is 5.68. The van der Waals surface area contributed by atoms with E-state index < -0.39 is 0 Å². The highest BCUT2D eigenvalue weighted by Gasteiger charge is 2.25. The molecule has 0 N–H and O–H groups in total. The molecule has 1 unspecified atom stereocenters. The Kier molecular flexibility index (Phi) is 1.11. The highest BCUT2D eigenvalue weighted by atomic mass is 16.6. The van der Waals surface area contributed by atoms with E-state index in [9.17, 15) is 0 Å². The summed E-state index contributed by atoms with van der Waals surface area (Å²) < 4.78 is 6.74. The molecule has 1 fully saturated rings. The van der Waals surface area contributed by atoms with Gasteiger partial charge in [-0.3, -0.25) is 0 Å². The zero-order valence-corrected chi connectivity index (χ0v) is 5.53. The Bertz CT molecular complexity index is 250. The Morgan fingerprint density at radius 3 is 3.20 bits per heavy atom. The number of ether oxygens (including phenoxy) is 1. The second-order valence-corrected chi connectivity index (χ2v) is 2.26. The molecule has 3 nitrogen and oxygen atoms in total. The van der Waals surface area contributed by atoms with Crippen molar-refractivity contribution in [2.24, 2.45) is 0 Å². The van der Waals surface area contributed by atoms with Gasteiger partial charge < -0.3 is 4.74 Å². The Hall–Kier alpha value is -1.09. The highest BCUT2D eigenvalue weighted by Crippen LogP contribution is 2.28. The monoisotopic (exact) mass is 136 g/mol. The molecule has 0 spiro atoms. The summed E-state index contributed by atoms with van der Waals surface area (Å²) in [7, 11) is 0. The second kappa shape index (κ2) is 1.95. The van der Waals surface area contributed by atoms with E-state index in [-0.39, 0.29) is 0 Å². The van der Waals surface area contributed by atoms with Crippen molar-refractivity contribution in [2.75, 3.05) is 6.61 Å². The van der Waals surface area contributed by atoms with E-state index in [1.165, 1.54) is 0 Å². The lowest BCUT2D eigenvalue weighted by Crippen LogP contribution is -1.81. The largest absolute Gasteiger partial charge is 0.368 e. The van der Waals surface area contributed by atoms with E-state index in [0.717, 1.165) is 12.2 Å². The quantitative estimate of drug-likeness (QED) is 0.569. The van der Waals surface area contributed by atoms with Gasteiger partial charge >= 0.3 is 0 Å². The van der Waals surface area contributed by atoms with Gasteiger partial charge in [-0.05, 0) is 0 Å². The molecule has 1 saturated heterocycles. The van der Waals surface area contributed by atoms with E-state index in [2.05, 4.69) is 11.7 Å². The molecule has 3 heteroatoms. The number of epoxide rings is 1. The number of aromatic nitrogens is 2. The van der Waals surface area contributed by atoms with Crippen LogP contribution in [0.4, 0.5) is 0 Å². The predicted octanol–water partition coefficient (Wildman–Crippen LogP) is 1.05. The normalized spacial score (nSPS) is 22.6. The van der Waals surface area contributed by atoms with Crippen molar-refractivity contribution < 1.29 is 4.74 Å². The smallest absolute Gasteiger partial charge is 0.109 e. The maximum absolute atomic E-state index is 5.06. The van der Waals surface area contributed by atoms with Crippen molar-refractivity contribution in [3.05, 3.63) is 24.5 Å². The minimum atomic E-state index is 0.300. The summed E-state index contributed by atoms with van der Waals surface area (Å²) in [5.41, 5.74) is 1.14. The Balaban J connectivity index is 2.26. The zero-order valence-electron chi connectivity index (χ0n) is 5.53. The minimum absolute atomic E-state index is 0.300. The maximum Gasteiger partial charge on any atom is 0.109 e. The summed E-state index contributed by atoms with van der Waals surface area (Å²) >= 11 is 0. The van der Waals surface area contributed by atoms with Gasteiger partial charge in [0, 0.05) is 18.0 Å². The summed E-state index contributed by atoms with van der Waals surface area (Å²) in [4.78, 5) is 0. The second-order valence-electron chi connectivity index (χ2n) is 2.26. The molecule has 2 rings (SSSR count). The van der Waals surface area contributed by atoms with Crippen LogP contribution in [-0.2, 0) is 4.74 Å². The summed E-state index contributed by atoms with van der Waals surface area (Å²) in [5, 5.41) is 4.01. The average Bonchev–Trinajstić information content (AvgIpc) is 2.70. The van der Waals surface area contributed by atoms with Crippen molar-refractivity contribution in [3.8, 4) is 0 Å². The molecule has 1 aliphatic heterocycles. The van der Waals surface area contributed by atoms with Crippen molar-refractivity contribution >= 4 is 6.20 Å². The standard InChI is InChI=1S/C7H8N2O/c1-2-9-4-6(3-8-9)7-5-10-7/h2-4,7H,1,5H2. The van der Waals surface area contributed by atoms with E-state index in [1.807, 2.05) is 6.20 Å². The molecule has 52 valence electrons. The molecule has 0 aromatic carbocycles. The van der Waals surface area contributed by atoms with Gasteiger partial charge in [0.2, 0.25) is 0 Å². The first-order chi connectivity index (χ1) is 4.90. The third-order valence-electron chi connectivity index (χ3n) is 1.51. The number of hydrogen-bond donors (Lipinski definition) is 0. The van der Waals surface area contributed by atoms with E-state index in [1.54, 1.807) is 17.1 Å². The average molecular weight is 136 g/mol. The van der Waals surface area contributed by atoms with Crippen LogP contribution in [-0.4, -0.2) is 16.4 Å². The Morgan fingerprint density at radius 1 is 1.90 bits per heavy atom. The van der Waals surface area contributed by atoms with Crippen molar-refractivity contribution in [2.45, 2.75) is 6.10 Å². The van der Waals surface area contributed by atoms with Crippen LogP contribution in [0.5, 0.6) is 0 Å². The fourth-order valence-electron chi connectivity index (χ4n) is 0.859. The lowest BCUT2D eigenvalue weighted by Gasteiger charge is -1.84. The van der Waals surface area contributed by atoms with Crippen LogP contribution in [0.25, 0.3) is 6.20 Å². The molecule has 0 aliphatic carbocycles. The molecular weight excluding hydrogens is 128 g/mol. The van der Waals surface area contributed by atoms with E-state index in [0.29, 0.717) is 6.10 Å². The highest BCUT2D eigenvalue weighted by molar-refractivity contribution is 5.20. The molecule has 1 aliphatic rings. The molecule has 0 bridgehead atoms. The minimum Gasteiger partial charge on any atom is -0.368 e. The van der Waals surface area contributed by atoms with E-state index >= 15 is 0 Å². The molecular formula is C7H8N2O. The topological polar surface area (TPSA) is 30.4 Å². The molecule has 10 heavy (non-hydrogen) atoms. The summed E-state index contributed by atoms with van der Waals surface area (Å²) in [6, 6.07) is 0. The molecule has 2 heterocycles. The maximum atomic E-state index is 5.06. The van der Waals surface area contributed by atoms with Gasteiger partial charge in [-0.15, -0.1) is 0 Å². The van der Waals surface area contributed by atoms with Crippen molar-refractivity contribution in [1.82, 2.24) is 9.78 Å². The van der Waals surface area contributed by atoms with Crippen molar-refractivity contribution in [1.29, 1.82) is 0 Å². The third-order valence-corrected chi connectivity index (χ3v) is 1.51. The first-order valence-electron chi connectivity index (χ1n) is 3.18. The zero-order chi connectivity index (χ0) is 6.97. The van der Waals surface area contributed by atoms with Gasteiger partial charge in [0.05, 0.1) is 12.8 Å². The lowest BCUT2D eigenvalue weighted by molar-refractivity contribution is 0.415. The van der Waals surface area contributed by atoms with Crippen LogP contribution < -0.4 is 0 Å². The van der Waals surface area contributed by atoms with E-state index in [4.69, 9.17) is 4.74 Å². The lowest BCUT2D eigenvalue weighted by atomic mass is 10.3. The Morgan fingerprint density at radius 2 is 2.70 bits per heavy atom. The predicted molar refractivity (Wildman–Crippen MR) is 37.3 cm³/mol. The van der Waals surface area contributed by atoms with Gasteiger partial charge in [-0.1, -0.05) is 6.58 Å². The summed E-state index contributed by atoms with van der Waals surface area (Å²) in [5.74, 6) is 0. The van der Waals surface area contributed by atoms with Gasteiger partial charge in [0.15, 0.2) is 0 Å². The fraction of sp³-hybridized carbons (Fsp3) is 0.286. The van der Waals surface area contributed by atoms with Gasteiger partial charge in [-0.2, -0.15) is 5.10 Å². The molecule has 0 amide bonds. The third kappa shape index (κ3) is 0.844. The van der Waals surface area contributed by atoms with Gasteiger partial charge in [0.25, 0.3) is 0 Å². The molecule has 0 saturated carbocycles. The van der Waals surface area contributed by atoms with Gasteiger partial charge in [-0.25, -0.2) is 4.68 Å². The molecule has 1 aromatic heterocycles. The first-order valence-corrected chi connectivity index (χ1v) is 3.18. The van der Waals surface area contributed by atoms with Crippen LogP contribution in [0.2, 0.25) is 0 Å². The van der Waals surface area contributed by atoms with Gasteiger partial charge in [0.1, 0.15) is 6.10 Å². The van der Waals surface area contributed by atoms with Crippen LogP contribution in [0.1, 0.15) is 11.7 Å². The number of hydrogen-bond acceptors (Lipinski definition) is 2. The molecule has 1 atom stereocenters. The van der Waals surface area contributed by atoms with Crippen LogP contribution in [0.15, 0.2) is 19.0 Å². The molecule has 0 radical (unpaired) electrons. The Labute approximate surface area is 58.9 Å².